The van der Waals surface area contributed by atoms with Crippen LogP contribution < -0.4 is 5.56 Å². The molecule has 6 heteroatoms. The molecule has 4 rings (SSSR count). The highest BCUT2D eigenvalue weighted by Crippen LogP contribution is 2.22. The zero-order valence-corrected chi connectivity index (χ0v) is 17.0. The number of H-pyrrole nitrogens is 1. The molecule has 3 aromatic rings. The fourth-order valence-corrected chi connectivity index (χ4v) is 4.03. The smallest absolute Gasteiger partial charge is 0.255 e. The van der Waals surface area contributed by atoms with E-state index in [2.05, 4.69) is 4.98 Å². The molecule has 1 aliphatic heterocycles. The van der Waals surface area contributed by atoms with Gasteiger partial charge in [-0.05, 0) is 48.9 Å². The SMILES string of the molecule is Cc1cccc2cc(CN(C[C@H]3CCCO3)C(=O)c3ccccc3Cl)c(=O)[nH]c12. The molecule has 0 aliphatic carbocycles. The number of carbonyl (C=O) groups is 1. The van der Waals surface area contributed by atoms with Crippen LogP contribution in [0, 0.1) is 6.92 Å². The number of amides is 1. The fraction of sp³-hybridized carbons (Fsp3) is 0.304. The van der Waals surface area contributed by atoms with E-state index < -0.39 is 0 Å². The number of aromatic nitrogens is 1. The van der Waals surface area contributed by atoms with Crippen molar-refractivity contribution in [1.82, 2.24) is 9.88 Å². The van der Waals surface area contributed by atoms with E-state index in [4.69, 9.17) is 16.3 Å². The Kier molecular flexibility index (Phi) is 5.69. The fourth-order valence-electron chi connectivity index (χ4n) is 3.81. The molecular formula is C23H23ClN2O3. The Morgan fingerprint density at radius 1 is 1.24 bits per heavy atom. The molecular weight excluding hydrogens is 388 g/mol. The number of nitrogens with zero attached hydrogens (tertiary/aromatic N) is 1. The van der Waals surface area contributed by atoms with E-state index in [0.29, 0.717) is 29.3 Å². The molecule has 1 N–H and O–H groups in total. The maximum atomic E-state index is 13.3. The molecule has 1 aliphatic rings. The number of halogens is 1. The van der Waals surface area contributed by atoms with Crippen LogP contribution in [0.4, 0.5) is 0 Å². The zero-order valence-electron chi connectivity index (χ0n) is 16.3. The Hall–Kier alpha value is -2.63. The Labute approximate surface area is 174 Å². The first-order valence-corrected chi connectivity index (χ1v) is 10.2. The molecule has 5 nitrogen and oxygen atoms in total. The molecule has 0 unspecified atom stereocenters. The number of hydrogen-bond donors (Lipinski definition) is 1. The van der Waals surface area contributed by atoms with E-state index in [-0.39, 0.29) is 24.1 Å². The maximum Gasteiger partial charge on any atom is 0.255 e. The van der Waals surface area contributed by atoms with Crippen molar-refractivity contribution < 1.29 is 9.53 Å². The molecule has 0 spiro atoms. The van der Waals surface area contributed by atoms with Crippen LogP contribution in [0.5, 0.6) is 0 Å². The second-order valence-electron chi connectivity index (χ2n) is 7.46. The average molecular weight is 411 g/mol. The number of rotatable bonds is 5. The number of aryl methyl sites for hydroxylation is 1. The summed E-state index contributed by atoms with van der Waals surface area (Å²) in [7, 11) is 0. The molecule has 2 aromatic carbocycles. The molecule has 0 bridgehead atoms. The third-order valence-corrected chi connectivity index (χ3v) is 5.70. The van der Waals surface area contributed by atoms with Gasteiger partial charge in [0.2, 0.25) is 0 Å². The van der Waals surface area contributed by atoms with Gasteiger partial charge in [0.15, 0.2) is 0 Å². The predicted molar refractivity (Wildman–Crippen MR) is 114 cm³/mol. The standard InChI is InChI=1S/C23H23ClN2O3/c1-15-6-4-7-16-12-17(22(27)25-21(15)16)13-26(14-18-8-5-11-29-18)23(28)19-9-2-3-10-20(19)24/h2-4,6-7,9-10,12,18H,5,8,11,13-14H2,1H3,(H,25,27)/t18-/m1/s1. The topological polar surface area (TPSA) is 62.4 Å². The van der Waals surface area contributed by atoms with Crippen LogP contribution in [0.15, 0.2) is 53.3 Å². The summed E-state index contributed by atoms with van der Waals surface area (Å²) in [6, 6.07) is 14.7. The first kappa shape index (κ1) is 19.7. The summed E-state index contributed by atoms with van der Waals surface area (Å²) in [5, 5.41) is 1.35. The Balaban J connectivity index is 1.69. The average Bonchev–Trinajstić information content (AvgIpc) is 3.22. The quantitative estimate of drug-likeness (QED) is 0.681. The largest absolute Gasteiger partial charge is 0.376 e. The number of benzene rings is 2. The highest BCUT2D eigenvalue weighted by Gasteiger charge is 2.25. The van der Waals surface area contributed by atoms with E-state index >= 15 is 0 Å². The highest BCUT2D eigenvalue weighted by atomic mass is 35.5. The third-order valence-electron chi connectivity index (χ3n) is 5.37. The highest BCUT2D eigenvalue weighted by molar-refractivity contribution is 6.33. The summed E-state index contributed by atoms with van der Waals surface area (Å²) in [5.41, 5.74) is 2.62. The lowest BCUT2D eigenvalue weighted by Crippen LogP contribution is -2.38. The van der Waals surface area contributed by atoms with Crippen LogP contribution in [0.25, 0.3) is 10.9 Å². The number of carbonyl (C=O) groups excluding carboxylic acids is 1. The van der Waals surface area contributed by atoms with E-state index in [1.54, 1.807) is 29.2 Å². The van der Waals surface area contributed by atoms with Crippen molar-refractivity contribution in [3.63, 3.8) is 0 Å². The molecule has 1 fully saturated rings. The Morgan fingerprint density at radius 2 is 2.07 bits per heavy atom. The maximum absolute atomic E-state index is 13.3. The lowest BCUT2D eigenvalue weighted by molar-refractivity contribution is 0.0506. The summed E-state index contributed by atoms with van der Waals surface area (Å²) in [4.78, 5) is 30.6. The minimum absolute atomic E-state index is 0.0248. The lowest BCUT2D eigenvalue weighted by Gasteiger charge is -2.26. The predicted octanol–water partition coefficient (Wildman–Crippen LogP) is 4.31. The second-order valence-corrected chi connectivity index (χ2v) is 7.87. The van der Waals surface area contributed by atoms with Gasteiger partial charge in [-0.25, -0.2) is 0 Å². The molecule has 29 heavy (non-hydrogen) atoms. The number of para-hydroxylation sites is 1. The van der Waals surface area contributed by atoms with Crippen LogP contribution >= 0.6 is 11.6 Å². The van der Waals surface area contributed by atoms with Gasteiger partial charge < -0.3 is 14.6 Å². The second kappa shape index (κ2) is 8.39. The molecule has 150 valence electrons. The number of nitrogens with one attached hydrogen (secondary N) is 1. The molecule has 1 aromatic heterocycles. The van der Waals surface area contributed by atoms with Gasteiger partial charge in [0.25, 0.3) is 11.5 Å². The number of hydrogen-bond acceptors (Lipinski definition) is 3. The third kappa shape index (κ3) is 4.21. The van der Waals surface area contributed by atoms with Crippen molar-refractivity contribution in [1.29, 1.82) is 0 Å². The van der Waals surface area contributed by atoms with Crippen LogP contribution in [0.2, 0.25) is 5.02 Å². The van der Waals surface area contributed by atoms with E-state index in [1.807, 2.05) is 31.2 Å². The van der Waals surface area contributed by atoms with Gasteiger partial charge in [-0.2, -0.15) is 0 Å². The Morgan fingerprint density at radius 3 is 2.83 bits per heavy atom. The van der Waals surface area contributed by atoms with Gasteiger partial charge in [-0.3, -0.25) is 9.59 Å². The number of aromatic amines is 1. The summed E-state index contributed by atoms with van der Waals surface area (Å²) in [6.07, 6.45) is 1.86. The first-order valence-electron chi connectivity index (χ1n) is 9.80. The molecule has 1 atom stereocenters. The zero-order chi connectivity index (χ0) is 20.4. The van der Waals surface area contributed by atoms with E-state index in [0.717, 1.165) is 29.3 Å². The molecule has 0 saturated carbocycles. The van der Waals surface area contributed by atoms with Crippen molar-refractivity contribution in [3.05, 3.63) is 80.6 Å². The normalized spacial score (nSPS) is 16.3. The minimum atomic E-state index is -0.199. The van der Waals surface area contributed by atoms with Gasteiger partial charge in [0.05, 0.1) is 28.8 Å². The van der Waals surface area contributed by atoms with Crippen molar-refractivity contribution in [2.45, 2.75) is 32.4 Å². The van der Waals surface area contributed by atoms with Gasteiger partial charge in [0.1, 0.15) is 0 Å². The minimum Gasteiger partial charge on any atom is -0.376 e. The van der Waals surface area contributed by atoms with Crippen molar-refractivity contribution in [3.8, 4) is 0 Å². The van der Waals surface area contributed by atoms with Crippen LogP contribution in [-0.4, -0.2) is 35.0 Å². The van der Waals surface area contributed by atoms with Crippen LogP contribution in [0.3, 0.4) is 0 Å². The van der Waals surface area contributed by atoms with Gasteiger partial charge >= 0.3 is 0 Å². The summed E-state index contributed by atoms with van der Waals surface area (Å²) < 4.78 is 5.74. The van der Waals surface area contributed by atoms with Crippen LogP contribution in [0.1, 0.15) is 34.3 Å². The summed E-state index contributed by atoms with van der Waals surface area (Å²) >= 11 is 6.26. The van der Waals surface area contributed by atoms with Crippen molar-refractivity contribution in [2.75, 3.05) is 13.2 Å². The lowest BCUT2D eigenvalue weighted by atomic mass is 10.1. The number of ether oxygens (including phenoxy) is 1. The van der Waals surface area contributed by atoms with Gasteiger partial charge in [-0.15, -0.1) is 0 Å². The number of pyridine rings is 1. The van der Waals surface area contributed by atoms with Gasteiger partial charge in [-0.1, -0.05) is 41.9 Å². The molecule has 1 saturated heterocycles. The monoisotopic (exact) mass is 410 g/mol. The van der Waals surface area contributed by atoms with E-state index in [1.165, 1.54) is 0 Å². The number of fused-ring (bicyclic) bond motifs is 1. The van der Waals surface area contributed by atoms with Crippen LogP contribution in [-0.2, 0) is 11.3 Å². The summed E-state index contributed by atoms with van der Waals surface area (Å²) in [6.45, 7) is 3.29. The van der Waals surface area contributed by atoms with Crippen molar-refractivity contribution in [2.24, 2.45) is 0 Å². The molecule has 2 heterocycles. The van der Waals surface area contributed by atoms with Crippen molar-refractivity contribution >= 4 is 28.4 Å². The molecule has 0 radical (unpaired) electrons. The summed E-state index contributed by atoms with van der Waals surface area (Å²) in [5.74, 6) is -0.199. The Bertz CT molecular complexity index is 1100. The molecule has 1 amide bonds. The van der Waals surface area contributed by atoms with E-state index in [9.17, 15) is 9.59 Å². The van der Waals surface area contributed by atoms with Gasteiger partial charge in [0, 0.05) is 18.7 Å². The first-order chi connectivity index (χ1) is 14.0.